The van der Waals surface area contributed by atoms with Gasteiger partial charge in [-0.3, -0.25) is 14.5 Å². The number of carbonyl (C=O) groups is 1. The third-order valence-electron chi connectivity index (χ3n) is 2.39. The van der Waals surface area contributed by atoms with Crippen molar-refractivity contribution in [3.05, 3.63) is 35.9 Å². The summed E-state index contributed by atoms with van der Waals surface area (Å²) in [4.78, 5) is 14.9. The lowest BCUT2D eigenvalue weighted by atomic mass is 10.2. The molecule has 4 nitrogen and oxygen atoms in total. The number of pyridine rings is 1. The molecule has 0 atom stereocenters. The average molecular weight is 233 g/mol. The first-order valence-electron chi connectivity index (χ1n) is 5.28. The molecule has 2 aromatic rings. The molecule has 0 fully saturated rings. The smallest absolute Gasteiger partial charge is 0.153 e. The second-order valence-corrected chi connectivity index (χ2v) is 3.99. The van der Waals surface area contributed by atoms with Crippen LogP contribution in [0.4, 0.5) is 4.39 Å². The monoisotopic (exact) mass is 233 g/mol. The predicted octanol–water partition coefficient (Wildman–Crippen LogP) is 2.48. The summed E-state index contributed by atoms with van der Waals surface area (Å²) in [5.41, 5.74) is 1.43. The van der Waals surface area contributed by atoms with E-state index in [9.17, 15) is 9.18 Å². The molecule has 88 valence electrons. The number of rotatable bonds is 3. The standard InChI is InChI=1S/C12H12FN3O/c1-8(2)16-6-9(7-17)12(15-16)11-4-3-10(13)5-14-11/h3-8H,1-2H3. The summed E-state index contributed by atoms with van der Waals surface area (Å²) in [5, 5.41) is 4.28. The molecule has 0 N–H and O–H groups in total. The minimum atomic E-state index is -0.412. The summed E-state index contributed by atoms with van der Waals surface area (Å²) in [5.74, 6) is -0.412. The van der Waals surface area contributed by atoms with Gasteiger partial charge < -0.3 is 0 Å². The van der Waals surface area contributed by atoms with Crippen molar-refractivity contribution in [3.63, 3.8) is 0 Å². The summed E-state index contributed by atoms with van der Waals surface area (Å²) in [6.07, 6.45) is 3.50. The van der Waals surface area contributed by atoms with Crippen LogP contribution >= 0.6 is 0 Å². The number of halogens is 1. The maximum atomic E-state index is 12.8. The Bertz CT molecular complexity index is 531. The van der Waals surface area contributed by atoms with Gasteiger partial charge in [-0.05, 0) is 26.0 Å². The second kappa shape index (κ2) is 4.45. The van der Waals surface area contributed by atoms with Gasteiger partial charge in [0.25, 0.3) is 0 Å². The highest BCUT2D eigenvalue weighted by atomic mass is 19.1. The van der Waals surface area contributed by atoms with E-state index >= 15 is 0 Å². The van der Waals surface area contributed by atoms with E-state index in [2.05, 4.69) is 10.1 Å². The molecule has 0 radical (unpaired) electrons. The van der Waals surface area contributed by atoms with Gasteiger partial charge in [-0.2, -0.15) is 5.10 Å². The van der Waals surface area contributed by atoms with Crippen LogP contribution in [0.3, 0.4) is 0 Å². The van der Waals surface area contributed by atoms with Crippen molar-refractivity contribution in [3.8, 4) is 11.4 Å². The van der Waals surface area contributed by atoms with Gasteiger partial charge in [-0.1, -0.05) is 0 Å². The van der Waals surface area contributed by atoms with Crippen molar-refractivity contribution >= 4 is 6.29 Å². The fraction of sp³-hybridized carbons (Fsp3) is 0.250. The van der Waals surface area contributed by atoms with Gasteiger partial charge in [0.15, 0.2) is 6.29 Å². The van der Waals surface area contributed by atoms with Crippen LogP contribution in [0.5, 0.6) is 0 Å². The first-order valence-corrected chi connectivity index (χ1v) is 5.28. The molecule has 0 saturated heterocycles. The Labute approximate surface area is 98.1 Å². The molecule has 0 unspecified atom stereocenters. The lowest BCUT2D eigenvalue weighted by molar-refractivity contribution is 0.112. The summed E-state index contributed by atoms with van der Waals surface area (Å²) in [6.45, 7) is 3.92. The lowest BCUT2D eigenvalue weighted by Gasteiger charge is -2.03. The molecule has 0 aliphatic rings. The number of carbonyl (C=O) groups excluding carboxylic acids is 1. The zero-order chi connectivity index (χ0) is 12.4. The molecule has 0 spiro atoms. The largest absolute Gasteiger partial charge is 0.298 e. The van der Waals surface area contributed by atoms with Crippen molar-refractivity contribution in [1.82, 2.24) is 14.8 Å². The quantitative estimate of drug-likeness (QED) is 0.765. The molecule has 5 heteroatoms. The van der Waals surface area contributed by atoms with E-state index in [1.54, 1.807) is 10.9 Å². The Morgan fingerprint density at radius 1 is 1.41 bits per heavy atom. The molecule has 0 aromatic carbocycles. The average Bonchev–Trinajstić information content (AvgIpc) is 2.74. The topological polar surface area (TPSA) is 47.8 Å². The van der Waals surface area contributed by atoms with E-state index < -0.39 is 5.82 Å². The van der Waals surface area contributed by atoms with Crippen molar-refractivity contribution in [2.24, 2.45) is 0 Å². The Morgan fingerprint density at radius 2 is 2.18 bits per heavy atom. The van der Waals surface area contributed by atoms with Crippen LogP contribution in [0.25, 0.3) is 11.4 Å². The molecule has 0 amide bonds. The second-order valence-electron chi connectivity index (χ2n) is 3.99. The van der Waals surface area contributed by atoms with Crippen LogP contribution in [0.2, 0.25) is 0 Å². The minimum absolute atomic E-state index is 0.155. The third-order valence-corrected chi connectivity index (χ3v) is 2.39. The van der Waals surface area contributed by atoms with Crippen molar-refractivity contribution in [2.75, 3.05) is 0 Å². The molecule has 0 saturated carbocycles. The van der Waals surface area contributed by atoms with E-state index in [0.717, 1.165) is 12.5 Å². The van der Waals surface area contributed by atoms with Crippen molar-refractivity contribution in [1.29, 1.82) is 0 Å². The number of hydrogen-bond donors (Lipinski definition) is 0. The van der Waals surface area contributed by atoms with Crippen LogP contribution in [-0.2, 0) is 0 Å². The SMILES string of the molecule is CC(C)n1cc(C=O)c(-c2ccc(F)cn2)n1. The lowest BCUT2D eigenvalue weighted by Crippen LogP contribution is -2.00. The molecule has 2 aromatic heterocycles. The molecular formula is C12H12FN3O. The van der Waals surface area contributed by atoms with E-state index in [0.29, 0.717) is 17.0 Å². The van der Waals surface area contributed by atoms with Gasteiger partial charge in [0.1, 0.15) is 11.5 Å². The Morgan fingerprint density at radius 3 is 2.71 bits per heavy atom. The summed E-state index contributed by atoms with van der Waals surface area (Å²) >= 11 is 0. The normalized spacial score (nSPS) is 10.8. The fourth-order valence-electron chi connectivity index (χ4n) is 1.47. The third kappa shape index (κ3) is 2.22. The zero-order valence-electron chi connectivity index (χ0n) is 9.59. The number of nitrogens with zero attached hydrogens (tertiary/aromatic N) is 3. The molecular weight excluding hydrogens is 221 g/mol. The highest BCUT2D eigenvalue weighted by Gasteiger charge is 2.13. The Hall–Kier alpha value is -2.04. The van der Waals surface area contributed by atoms with Gasteiger partial charge in [0.2, 0.25) is 0 Å². The van der Waals surface area contributed by atoms with Gasteiger partial charge in [0.05, 0.1) is 17.5 Å². The van der Waals surface area contributed by atoms with Gasteiger partial charge in [0, 0.05) is 12.2 Å². The Balaban J connectivity index is 2.50. The molecule has 0 aliphatic heterocycles. The molecule has 0 aliphatic carbocycles. The van der Waals surface area contributed by atoms with E-state index in [4.69, 9.17) is 0 Å². The first kappa shape index (κ1) is 11.4. The predicted molar refractivity (Wildman–Crippen MR) is 61.2 cm³/mol. The number of aldehydes is 1. The molecule has 2 rings (SSSR count). The molecule has 0 bridgehead atoms. The van der Waals surface area contributed by atoms with Gasteiger partial charge in [-0.25, -0.2) is 4.39 Å². The Kier molecular flexibility index (Phi) is 2.99. The zero-order valence-corrected chi connectivity index (χ0v) is 9.59. The number of hydrogen-bond acceptors (Lipinski definition) is 3. The minimum Gasteiger partial charge on any atom is -0.298 e. The van der Waals surface area contributed by atoms with Gasteiger partial charge >= 0.3 is 0 Å². The van der Waals surface area contributed by atoms with Crippen LogP contribution in [-0.4, -0.2) is 21.1 Å². The fourth-order valence-corrected chi connectivity index (χ4v) is 1.47. The van der Waals surface area contributed by atoms with Crippen molar-refractivity contribution < 1.29 is 9.18 Å². The maximum Gasteiger partial charge on any atom is 0.153 e. The first-order chi connectivity index (χ1) is 8.11. The van der Waals surface area contributed by atoms with Gasteiger partial charge in [-0.15, -0.1) is 0 Å². The van der Waals surface area contributed by atoms with E-state index in [1.807, 2.05) is 13.8 Å². The number of aromatic nitrogens is 3. The van der Waals surface area contributed by atoms with Crippen LogP contribution in [0.15, 0.2) is 24.5 Å². The molecule has 2 heterocycles. The highest BCUT2D eigenvalue weighted by molar-refractivity contribution is 5.84. The summed E-state index contributed by atoms with van der Waals surface area (Å²) < 4.78 is 14.4. The van der Waals surface area contributed by atoms with Crippen LogP contribution in [0, 0.1) is 5.82 Å². The summed E-state index contributed by atoms with van der Waals surface area (Å²) in [6, 6.07) is 2.96. The molecule has 17 heavy (non-hydrogen) atoms. The highest BCUT2D eigenvalue weighted by Crippen LogP contribution is 2.20. The van der Waals surface area contributed by atoms with Crippen LogP contribution < -0.4 is 0 Å². The summed E-state index contributed by atoms with van der Waals surface area (Å²) in [7, 11) is 0. The van der Waals surface area contributed by atoms with E-state index in [-0.39, 0.29) is 6.04 Å². The maximum absolute atomic E-state index is 12.8. The van der Waals surface area contributed by atoms with Crippen LogP contribution in [0.1, 0.15) is 30.2 Å². The van der Waals surface area contributed by atoms with Crippen molar-refractivity contribution in [2.45, 2.75) is 19.9 Å². The van der Waals surface area contributed by atoms with E-state index in [1.165, 1.54) is 12.1 Å².